The van der Waals surface area contributed by atoms with Crippen LogP contribution in [0.3, 0.4) is 0 Å². The van der Waals surface area contributed by atoms with E-state index in [0.29, 0.717) is 17.6 Å². The lowest BCUT2D eigenvalue weighted by atomic mass is 10.1. The Kier molecular flexibility index (Phi) is 3.23. The Morgan fingerprint density at radius 3 is 2.95 bits per heavy atom. The molecule has 0 saturated heterocycles. The minimum absolute atomic E-state index is 0.148. The van der Waals surface area contributed by atoms with Crippen LogP contribution in [0.25, 0.3) is 11.2 Å². The highest BCUT2D eigenvalue weighted by molar-refractivity contribution is 9.10. The van der Waals surface area contributed by atoms with E-state index in [0.717, 1.165) is 15.9 Å². The quantitative estimate of drug-likeness (QED) is 0.773. The molecule has 1 aromatic carbocycles. The topological polar surface area (TPSA) is 78.9 Å². The van der Waals surface area contributed by atoms with Crippen molar-refractivity contribution in [1.82, 2.24) is 15.0 Å². The maximum absolute atomic E-state index is 10.9. The fourth-order valence-electron chi connectivity index (χ4n) is 1.99. The average molecular weight is 332 g/mol. The molecule has 2 heterocycles. The van der Waals surface area contributed by atoms with Gasteiger partial charge in [-0.15, -0.1) is 0 Å². The first-order valence-electron chi connectivity index (χ1n) is 5.94. The zero-order valence-corrected chi connectivity index (χ0v) is 11.9. The number of hydrogen-bond donors (Lipinski definition) is 2. The van der Waals surface area contributed by atoms with Gasteiger partial charge in [0.15, 0.2) is 5.65 Å². The molecule has 3 rings (SSSR count). The lowest BCUT2D eigenvalue weighted by Crippen LogP contribution is -1.96. The van der Waals surface area contributed by atoms with Crippen molar-refractivity contribution in [2.75, 3.05) is 0 Å². The zero-order chi connectivity index (χ0) is 14.1. The second-order valence-electron chi connectivity index (χ2n) is 4.39. The molecule has 0 aliphatic rings. The minimum Gasteiger partial charge on any atom is -0.478 e. The van der Waals surface area contributed by atoms with E-state index in [1.165, 1.54) is 6.20 Å². The Bertz CT molecular complexity index is 798. The van der Waals surface area contributed by atoms with E-state index >= 15 is 0 Å². The molecule has 2 N–H and O–H groups in total. The van der Waals surface area contributed by atoms with Crippen molar-refractivity contribution in [3.05, 3.63) is 58.0 Å². The molecule has 0 bridgehead atoms. The third-order valence-corrected chi connectivity index (χ3v) is 3.39. The Labute approximate surface area is 122 Å². The number of halogens is 1. The molecule has 0 radical (unpaired) electrons. The normalized spacial score (nSPS) is 10.8. The zero-order valence-electron chi connectivity index (χ0n) is 10.3. The largest absolute Gasteiger partial charge is 0.478 e. The summed E-state index contributed by atoms with van der Waals surface area (Å²) in [6.45, 7) is 0. The van der Waals surface area contributed by atoms with Gasteiger partial charge in [0.1, 0.15) is 5.82 Å². The van der Waals surface area contributed by atoms with Crippen molar-refractivity contribution >= 4 is 33.1 Å². The number of rotatable bonds is 3. The van der Waals surface area contributed by atoms with Crippen molar-refractivity contribution in [3.63, 3.8) is 0 Å². The highest BCUT2D eigenvalue weighted by Crippen LogP contribution is 2.16. The fraction of sp³-hybridized carbons (Fsp3) is 0.0714. The summed E-state index contributed by atoms with van der Waals surface area (Å²) in [6.07, 6.45) is 1.95. The van der Waals surface area contributed by atoms with Gasteiger partial charge in [-0.25, -0.2) is 14.8 Å². The first-order chi connectivity index (χ1) is 9.61. The Morgan fingerprint density at radius 2 is 2.20 bits per heavy atom. The van der Waals surface area contributed by atoms with Gasteiger partial charge in [0.25, 0.3) is 0 Å². The maximum Gasteiger partial charge on any atom is 0.337 e. The number of carbonyl (C=O) groups is 1. The van der Waals surface area contributed by atoms with Crippen molar-refractivity contribution in [2.24, 2.45) is 0 Å². The molecule has 0 fully saturated rings. The molecule has 0 saturated carbocycles. The molecule has 6 heteroatoms. The van der Waals surface area contributed by atoms with Gasteiger partial charge in [0.2, 0.25) is 0 Å². The van der Waals surface area contributed by atoms with Gasteiger partial charge in [0, 0.05) is 17.1 Å². The fourth-order valence-corrected chi connectivity index (χ4v) is 2.44. The summed E-state index contributed by atoms with van der Waals surface area (Å²) in [7, 11) is 0. The van der Waals surface area contributed by atoms with Crippen LogP contribution in [-0.2, 0) is 6.42 Å². The number of fused-ring (bicyclic) bond motifs is 1. The summed E-state index contributed by atoms with van der Waals surface area (Å²) < 4.78 is 1.01. The van der Waals surface area contributed by atoms with Crippen LogP contribution >= 0.6 is 15.9 Å². The summed E-state index contributed by atoms with van der Waals surface area (Å²) in [5, 5.41) is 8.94. The molecule has 20 heavy (non-hydrogen) atoms. The average Bonchev–Trinajstić information content (AvgIpc) is 2.79. The highest BCUT2D eigenvalue weighted by atomic mass is 79.9. The molecule has 0 aliphatic carbocycles. The lowest BCUT2D eigenvalue weighted by molar-refractivity contribution is 0.0696. The molecule has 0 atom stereocenters. The third-order valence-electron chi connectivity index (χ3n) is 2.89. The van der Waals surface area contributed by atoms with E-state index in [9.17, 15) is 4.79 Å². The van der Waals surface area contributed by atoms with E-state index in [1.807, 2.05) is 24.3 Å². The molecule has 0 unspecified atom stereocenters. The third kappa shape index (κ3) is 2.55. The van der Waals surface area contributed by atoms with Crippen LogP contribution in [-0.4, -0.2) is 26.0 Å². The van der Waals surface area contributed by atoms with E-state index in [1.54, 1.807) is 6.07 Å². The standard InChI is InChI=1S/C14H10BrN3O2/c15-10-3-1-2-8(4-10)5-12-17-11-6-9(14(19)20)7-16-13(11)18-12/h1-4,6-7H,5H2,(H,19,20)(H,16,17,18). The van der Waals surface area contributed by atoms with Crippen LogP contribution in [0.1, 0.15) is 21.7 Å². The molecule has 2 aromatic heterocycles. The number of imidazole rings is 1. The molecule has 0 amide bonds. The number of hydrogen-bond acceptors (Lipinski definition) is 3. The monoisotopic (exact) mass is 331 g/mol. The van der Waals surface area contributed by atoms with Gasteiger partial charge in [-0.05, 0) is 23.8 Å². The Hall–Kier alpha value is -2.21. The number of nitrogens with one attached hydrogen (secondary N) is 1. The van der Waals surface area contributed by atoms with Crippen molar-refractivity contribution in [2.45, 2.75) is 6.42 Å². The van der Waals surface area contributed by atoms with E-state index in [-0.39, 0.29) is 5.56 Å². The minimum atomic E-state index is -0.998. The number of benzene rings is 1. The second kappa shape index (κ2) is 5.05. The summed E-state index contributed by atoms with van der Waals surface area (Å²) in [5.74, 6) is -0.240. The number of carboxylic acids is 1. The summed E-state index contributed by atoms with van der Waals surface area (Å²) in [5.41, 5.74) is 2.42. The number of H-pyrrole nitrogens is 1. The van der Waals surface area contributed by atoms with E-state index in [4.69, 9.17) is 5.11 Å². The molecule has 5 nitrogen and oxygen atoms in total. The Balaban J connectivity index is 1.95. The number of aromatic amines is 1. The summed E-state index contributed by atoms with van der Waals surface area (Å²) >= 11 is 3.43. The number of carboxylic acid groups (broad SMARTS) is 1. The predicted octanol–water partition coefficient (Wildman–Crippen LogP) is 3.01. The van der Waals surface area contributed by atoms with Gasteiger partial charge >= 0.3 is 5.97 Å². The van der Waals surface area contributed by atoms with E-state index < -0.39 is 5.97 Å². The maximum atomic E-state index is 10.9. The van der Waals surface area contributed by atoms with Crippen molar-refractivity contribution < 1.29 is 9.90 Å². The van der Waals surface area contributed by atoms with Gasteiger partial charge in [-0.2, -0.15) is 0 Å². The first kappa shape index (κ1) is 12.8. The number of aromatic nitrogens is 3. The molecule has 0 spiro atoms. The molecular formula is C14H10BrN3O2. The number of aromatic carboxylic acids is 1. The number of pyridine rings is 1. The van der Waals surface area contributed by atoms with Gasteiger partial charge in [-0.3, -0.25) is 0 Å². The molecular weight excluding hydrogens is 322 g/mol. The van der Waals surface area contributed by atoms with Gasteiger partial charge < -0.3 is 10.1 Å². The highest BCUT2D eigenvalue weighted by Gasteiger charge is 2.09. The van der Waals surface area contributed by atoms with Crippen LogP contribution in [0.15, 0.2) is 41.0 Å². The summed E-state index contributed by atoms with van der Waals surface area (Å²) in [4.78, 5) is 22.4. The van der Waals surface area contributed by atoms with Crippen molar-refractivity contribution in [3.8, 4) is 0 Å². The second-order valence-corrected chi connectivity index (χ2v) is 5.31. The van der Waals surface area contributed by atoms with Gasteiger partial charge in [-0.1, -0.05) is 28.1 Å². The molecule has 3 aromatic rings. The first-order valence-corrected chi connectivity index (χ1v) is 6.73. The Morgan fingerprint density at radius 1 is 1.35 bits per heavy atom. The molecule has 100 valence electrons. The molecule has 0 aliphatic heterocycles. The SMILES string of the molecule is O=C(O)c1cnc2nc(Cc3cccc(Br)c3)[nH]c2c1. The van der Waals surface area contributed by atoms with Crippen LogP contribution in [0.5, 0.6) is 0 Å². The van der Waals surface area contributed by atoms with Crippen LogP contribution in [0.2, 0.25) is 0 Å². The van der Waals surface area contributed by atoms with Crippen LogP contribution in [0.4, 0.5) is 0 Å². The van der Waals surface area contributed by atoms with Crippen LogP contribution in [0, 0.1) is 0 Å². The number of nitrogens with zero attached hydrogens (tertiary/aromatic N) is 2. The summed E-state index contributed by atoms with van der Waals surface area (Å²) in [6, 6.07) is 9.49. The van der Waals surface area contributed by atoms with Crippen molar-refractivity contribution in [1.29, 1.82) is 0 Å². The smallest absolute Gasteiger partial charge is 0.337 e. The van der Waals surface area contributed by atoms with Crippen LogP contribution < -0.4 is 0 Å². The van der Waals surface area contributed by atoms with Gasteiger partial charge in [0.05, 0.1) is 11.1 Å². The lowest BCUT2D eigenvalue weighted by Gasteiger charge is -1.98. The van der Waals surface area contributed by atoms with E-state index in [2.05, 4.69) is 30.9 Å². The predicted molar refractivity (Wildman–Crippen MR) is 77.8 cm³/mol.